The molecule has 0 fully saturated rings. The first-order valence-electron chi connectivity index (χ1n) is 17.6. The summed E-state index contributed by atoms with van der Waals surface area (Å²) in [5, 5.41) is 2.13. The van der Waals surface area contributed by atoms with Crippen LogP contribution in [0.5, 0.6) is 0 Å². The number of hydrogen-bond donors (Lipinski definition) is 0. The van der Waals surface area contributed by atoms with Crippen LogP contribution in [0.15, 0.2) is 156 Å². The summed E-state index contributed by atoms with van der Waals surface area (Å²) in [6.45, 7) is 0. The standard InChI is InChI=1S/C47H29IN3O/c1-2-12-29(13-3-1)45-49-46(38-19-10-22-41-43(38)37-15-6-7-21-40(37)48-41)51-47(50-45)39-20-9-18-36-35-26-24-30(27-42(35)52-44(36)39)32-16-8-17-33-31-14-5-4-11-28(31)23-25-34(32)33/h1-22,24,26-27H,23,25H2/q-1. The molecule has 1 aliphatic heterocycles. The summed E-state index contributed by atoms with van der Waals surface area (Å²) in [5.41, 5.74) is 15.0. The fourth-order valence-corrected chi connectivity index (χ4v) is 11.0. The number of para-hydroxylation sites is 1. The summed E-state index contributed by atoms with van der Waals surface area (Å²) >= 11 is -0.268. The third-order valence-corrected chi connectivity index (χ3v) is 13.4. The van der Waals surface area contributed by atoms with Crippen molar-refractivity contribution in [2.45, 2.75) is 12.8 Å². The Balaban J connectivity index is 1.08. The van der Waals surface area contributed by atoms with Crippen LogP contribution >= 0.6 is 0 Å². The van der Waals surface area contributed by atoms with Crippen molar-refractivity contribution >= 4 is 21.9 Å². The number of aryl methyl sites for hydroxylation is 1. The molecule has 2 aliphatic rings. The molecule has 0 spiro atoms. The number of nitrogens with zero attached hydrogens (tertiary/aromatic N) is 3. The average Bonchev–Trinajstić information content (AvgIpc) is 3.79. The fourth-order valence-electron chi connectivity index (χ4n) is 8.03. The fraction of sp³-hybridized carbons (Fsp3) is 0.0426. The molecule has 0 atom stereocenters. The molecule has 9 aromatic rings. The van der Waals surface area contributed by atoms with Gasteiger partial charge in [-0.3, -0.25) is 0 Å². The Bertz CT molecular complexity index is 2890. The van der Waals surface area contributed by atoms with Gasteiger partial charge in [0.2, 0.25) is 0 Å². The molecular formula is C47H29IN3O-. The Labute approximate surface area is 311 Å². The van der Waals surface area contributed by atoms with Gasteiger partial charge in [-0.2, -0.15) is 0 Å². The maximum absolute atomic E-state index is 6.82. The Kier molecular flexibility index (Phi) is 6.77. The number of halogens is 1. The van der Waals surface area contributed by atoms with E-state index in [0.717, 1.165) is 51.5 Å². The average molecular weight is 779 g/mol. The molecule has 0 amide bonds. The number of hydrogen-bond acceptors (Lipinski definition) is 4. The molecule has 0 radical (unpaired) electrons. The van der Waals surface area contributed by atoms with Crippen molar-refractivity contribution in [1.29, 1.82) is 0 Å². The first kappa shape index (κ1) is 29.8. The number of furan rings is 1. The summed E-state index contributed by atoms with van der Waals surface area (Å²) < 4.78 is 9.66. The van der Waals surface area contributed by atoms with Crippen LogP contribution in [-0.2, 0) is 12.8 Å². The van der Waals surface area contributed by atoms with Crippen molar-refractivity contribution in [3.8, 4) is 67.5 Å². The summed E-state index contributed by atoms with van der Waals surface area (Å²) in [7, 11) is 0. The van der Waals surface area contributed by atoms with Crippen LogP contribution in [-0.4, -0.2) is 15.0 Å². The monoisotopic (exact) mass is 778 g/mol. The molecule has 4 nitrogen and oxygen atoms in total. The van der Waals surface area contributed by atoms with Crippen LogP contribution in [0.25, 0.3) is 89.5 Å². The molecule has 0 bridgehead atoms. The topological polar surface area (TPSA) is 51.8 Å². The molecule has 11 rings (SSSR count). The van der Waals surface area contributed by atoms with Crippen molar-refractivity contribution in [3.05, 3.63) is 170 Å². The zero-order chi connectivity index (χ0) is 34.2. The zero-order valence-corrected chi connectivity index (χ0v) is 30.1. The van der Waals surface area contributed by atoms with Crippen LogP contribution in [0.2, 0.25) is 0 Å². The van der Waals surface area contributed by atoms with E-state index in [4.69, 9.17) is 19.4 Å². The van der Waals surface area contributed by atoms with Crippen molar-refractivity contribution in [2.75, 3.05) is 0 Å². The van der Waals surface area contributed by atoms with Crippen LogP contribution in [0.3, 0.4) is 0 Å². The van der Waals surface area contributed by atoms with E-state index in [1.54, 1.807) is 0 Å². The van der Waals surface area contributed by atoms with E-state index in [1.807, 2.05) is 18.2 Å². The van der Waals surface area contributed by atoms with E-state index in [1.165, 1.54) is 51.6 Å². The van der Waals surface area contributed by atoms with Gasteiger partial charge >= 0.3 is 230 Å². The van der Waals surface area contributed by atoms with Gasteiger partial charge in [-0.05, 0) is 40.7 Å². The summed E-state index contributed by atoms with van der Waals surface area (Å²) in [6, 6.07) is 54.0. The van der Waals surface area contributed by atoms with Gasteiger partial charge in [0.05, 0.1) is 0 Å². The third kappa shape index (κ3) is 4.69. The van der Waals surface area contributed by atoms with E-state index in [2.05, 4.69) is 133 Å². The predicted octanol–water partition coefficient (Wildman–Crippen LogP) is 8.31. The molecule has 2 aromatic heterocycles. The molecule has 52 heavy (non-hydrogen) atoms. The Hall–Kier alpha value is -5.92. The third-order valence-electron chi connectivity index (χ3n) is 10.4. The van der Waals surface area contributed by atoms with Gasteiger partial charge in [0.1, 0.15) is 0 Å². The van der Waals surface area contributed by atoms with E-state index in [-0.39, 0.29) is 21.2 Å². The SMILES string of the molecule is c1ccc(-c2nc(-c3cccc4c3-c3ccccc3[I-]4)nc(-c3cccc4c3oc3cc(-c5cccc6c5CCc5ccccc5-6)ccc34)n2)cc1. The van der Waals surface area contributed by atoms with Crippen LogP contribution in [0.4, 0.5) is 0 Å². The molecule has 5 heteroatoms. The van der Waals surface area contributed by atoms with Gasteiger partial charge < -0.3 is 0 Å². The van der Waals surface area contributed by atoms with Gasteiger partial charge in [-0.15, -0.1) is 0 Å². The van der Waals surface area contributed by atoms with Crippen molar-refractivity contribution < 1.29 is 25.6 Å². The zero-order valence-electron chi connectivity index (χ0n) is 28.0. The van der Waals surface area contributed by atoms with Crippen LogP contribution < -0.4 is 21.2 Å². The first-order valence-corrected chi connectivity index (χ1v) is 19.8. The second-order valence-corrected chi connectivity index (χ2v) is 16.3. The van der Waals surface area contributed by atoms with E-state index in [9.17, 15) is 0 Å². The molecule has 0 saturated carbocycles. The van der Waals surface area contributed by atoms with E-state index >= 15 is 0 Å². The summed E-state index contributed by atoms with van der Waals surface area (Å²) in [4.78, 5) is 15.5. The quantitative estimate of drug-likeness (QED) is 0.169. The van der Waals surface area contributed by atoms with Crippen molar-refractivity contribution in [2.24, 2.45) is 0 Å². The number of aromatic nitrogens is 3. The molecule has 7 aromatic carbocycles. The molecule has 0 N–H and O–H groups in total. The molecule has 0 unspecified atom stereocenters. The first-order chi connectivity index (χ1) is 25.8. The summed E-state index contributed by atoms with van der Waals surface area (Å²) in [6.07, 6.45) is 2.07. The van der Waals surface area contributed by atoms with E-state index in [0.29, 0.717) is 17.5 Å². The minimum absolute atomic E-state index is 0.268. The molecule has 246 valence electrons. The van der Waals surface area contributed by atoms with Gasteiger partial charge in [-0.1, -0.05) is 42.5 Å². The maximum atomic E-state index is 6.82. The Morgan fingerprint density at radius 1 is 0.442 bits per heavy atom. The van der Waals surface area contributed by atoms with Gasteiger partial charge in [0.15, 0.2) is 0 Å². The molecule has 3 heterocycles. The molecule has 0 saturated heterocycles. The summed E-state index contributed by atoms with van der Waals surface area (Å²) in [5.74, 6) is 1.92. The van der Waals surface area contributed by atoms with Gasteiger partial charge in [-0.25, -0.2) is 0 Å². The second kappa shape index (κ2) is 11.8. The minimum atomic E-state index is -0.268. The number of fused-ring (bicyclic) bond motifs is 9. The van der Waals surface area contributed by atoms with E-state index < -0.39 is 0 Å². The van der Waals surface area contributed by atoms with Crippen LogP contribution in [0.1, 0.15) is 11.1 Å². The second-order valence-electron chi connectivity index (χ2n) is 13.4. The van der Waals surface area contributed by atoms with Crippen LogP contribution in [0, 0.1) is 7.14 Å². The molecule has 1 aliphatic carbocycles. The van der Waals surface area contributed by atoms with Crippen molar-refractivity contribution in [3.63, 3.8) is 0 Å². The number of rotatable bonds is 4. The molecular weight excluding hydrogens is 749 g/mol. The number of benzene rings is 7. The Morgan fingerprint density at radius 3 is 2.04 bits per heavy atom. The predicted molar refractivity (Wildman–Crippen MR) is 205 cm³/mol. The van der Waals surface area contributed by atoms with Gasteiger partial charge in [0.25, 0.3) is 0 Å². The van der Waals surface area contributed by atoms with Crippen molar-refractivity contribution in [1.82, 2.24) is 15.0 Å². The van der Waals surface area contributed by atoms with Gasteiger partial charge in [0, 0.05) is 0 Å². The Morgan fingerprint density at radius 2 is 1.12 bits per heavy atom. The normalized spacial score (nSPS) is 12.9.